The molecule has 3 saturated carbocycles. The molecule has 0 amide bonds. The van der Waals surface area contributed by atoms with Gasteiger partial charge in [-0.15, -0.1) is 0 Å². The highest BCUT2D eigenvalue weighted by atomic mass is 16.4. The number of fused-ring (bicyclic) bond motifs is 3. The van der Waals surface area contributed by atoms with E-state index < -0.39 is 24.3 Å². The van der Waals surface area contributed by atoms with Gasteiger partial charge in [-0.3, -0.25) is 0 Å². The van der Waals surface area contributed by atoms with Gasteiger partial charge >= 0.3 is 5.97 Å². The Morgan fingerprint density at radius 1 is 1.13 bits per heavy atom. The number of unbranched alkanes of at least 4 members (excludes halogenated alkanes) is 1. The molecule has 0 aromatic rings. The molecule has 0 heterocycles. The fourth-order valence-corrected chi connectivity index (χ4v) is 7.88. The van der Waals surface area contributed by atoms with Gasteiger partial charge in [-0.2, -0.15) is 0 Å². The Labute approximate surface area is 187 Å². The van der Waals surface area contributed by atoms with Crippen molar-refractivity contribution in [2.24, 2.45) is 40.9 Å². The Balaban J connectivity index is 1.69. The maximum absolute atomic E-state index is 11.2. The molecule has 11 atom stereocenters. The smallest absolute Gasteiger partial charge is 0.332 e. The highest BCUT2D eigenvalue weighted by Gasteiger charge is 2.61. The summed E-state index contributed by atoms with van der Waals surface area (Å²) in [5.41, 5.74) is -0.146. The van der Waals surface area contributed by atoms with Gasteiger partial charge < -0.3 is 25.5 Å². The lowest BCUT2D eigenvalue weighted by atomic mass is 9.51. The van der Waals surface area contributed by atoms with Crippen LogP contribution in [0.1, 0.15) is 85.0 Å². The van der Waals surface area contributed by atoms with Gasteiger partial charge in [0.1, 0.15) is 0 Å². The highest BCUT2D eigenvalue weighted by Crippen LogP contribution is 2.63. The molecule has 0 aromatic heterocycles. The lowest BCUT2D eigenvalue weighted by molar-refractivity contribution is -0.148. The van der Waals surface area contributed by atoms with Crippen LogP contribution in [0, 0.1) is 40.9 Å². The minimum atomic E-state index is -1.37. The maximum atomic E-state index is 11.2. The van der Waals surface area contributed by atoms with Gasteiger partial charge in [-0.05, 0) is 92.3 Å². The fraction of sp³-hybridized carbons (Fsp3) is 0.960. The van der Waals surface area contributed by atoms with Crippen LogP contribution >= 0.6 is 0 Å². The summed E-state index contributed by atoms with van der Waals surface area (Å²) in [6.45, 7) is 6.34. The molecule has 6 heteroatoms. The van der Waals surface area contributed by atoms with Gasteiger partial charge in [0, 0.05) is 0 Å². The summed E-state index contributed by atoms with van der Waals surface area (Å²) in [6, 6.07) is 0. The van der Waals surface area contributed by atoms with E-state index in [1.165, 1.54) is 0 Å². The molecule has 3 rings (SSSR count). The largest absolute Gasteiger partial charge is 0.479 e. The van der Waals surface area contributed by atoms with Crippen LogP contribution in [0.2, 0.25) is 0 Å². The van der Waals surface area contributed by atoms with E-state index in [1.54, 1.807) is 0 Å². The quantitative estimate of drug-likeness (QED) is 0.376. The molecule has 3 aliphatic rings. The number of hydrogen-bond acceptors (Lipinski definition) is 5. The lowest BCUT2D eigenvalue weighted by Gasteiger charge is -2.54. The van der Waals surface area contributed by atoms with Gasteiger partial charge in [0.15, 0.2) is 6.10 Å². The Kier molecular flexibility index (Phi) is 8.10. The van der Waals surface area contributed by atoms with Crippen molar-refractivity contribution >= 4 is 5.97 Å². The summed E-state index contributed by atoms with van der Waals surface area (Å²) in [4.78, 5) is 11.1. The Bertz CT molecular complexity index is 611. The Hall–Kier alpha value is -0.690. The summed E-state index contributed by atoms with van der Waals surface area (Å²) in [5.74, 6) is -0.255. The third kappa shape index (κ3) is 5.13. The van der Waals surface area contributed by atoms with Crippen LogP contribution in [0.3, 0.4) is 0 Å². The van der Waals surface area contributed by atoms with Gasteiger partial charge in [0.25, 0.3) is 0 Å². The van der Waals surface area contributed by atoms with Crippen molar-refractivity contribution in [2.75, 3.05) is 0 Å². The average molecular weight is 441 g/mol. The molecule has 0 spiro atoms. The second kappa shape index (κ2) is 10.1. The molecule has 0 aromatic carbocycles. The van der Waals surface area contributed by atoms with Gasteiger partial charge in [0.05, 0.1) is 18.3 Å². The van der Waals surface area contributed by atoms with E-state index in [2.05, 4.69) is 13.8 Å². The summed E-state index contributed by atoms with van der Waals surface area (Å²) < 4.78 is 0. The number of aliphatic carboxylic acids is 1. The first-order valence-corrected chi connectivity index (χ1v) is 12.5. The molecular formula is C25H44O6. The monoisotopic (exact) mass is 440 g/mol. The minimum Gasteiger partial charge on any atom is -0.479 e. The molecule has 5 N–H and O–H groups in total. The van der Waals surface area contributed by atoms with E-state index in [-0.39, 0.29) is 41.6 Å². The number of carboxylic acid groups (broad SMARTS) is 1. The molecule has 0 bridgehead atoms. The van der Waals surface area contributed by atoms with Gasteiger partial charge in [-0.1, -0.05) is 33.6 Å². The number of hydrogen-bond donors (Lipinski definition) is 5. The SMILES string of the molecule is CCCCC(O)CC1CC(O)C2C(CCC3(C)C(C(C)CC(O)C(=O)O)CC(O)C23)C1. The zero-order chi connectivity index (χ0) is 22.9. The van der Waals surface area contributed by atoms with Crippen LogP contribution in [0.4, 0.5) is 0 Å². The summed E-state index contributed by atoms with van der Waals surface area (Å²) in [6.07, 6.45) is 5.60. The second-order valence-corrected chi connectivity index (χ2v) is 11.3. The molecule has 11 unspecified atom stereocenters. The molecule has 3 fully saturated rings. The van der Waals surface area contributed by atoms with Crippen LogP contribution in [0.5, 0.6) is 0 Å². The molecule has 0 aliphatic heterocycles. The van der Waals surface area contributed by atoms with Crippen molar-refractivity contribution in [3.8, 4) is 0 Å². The fourth-order valence-electron chi connectivity index (χ4n) is 7.88. The standard InChI is InChI=1S/C25H44O6/c1-4-5-6-17(26)11-15-10-16-7-8-25(3)18(14(2)9-21(29)24(30)31)13-20(28)23(25)22(16)19(27)12-15/h14-23,26-29H,4-13H2,1-3H3,(H,30,31). The normalized spacial score (nSPS) is 43.0. The van der Waals surface area contributed by atoms with Crippen LogP contribution in [0.25, 0.3) is 0 Å². The van der Waals surface area contributed by atoms with Crippen LogP contribution < -0.4 is 0 Å². The first-order chi connectivity index (χ1) is 14.6. The van der Waals surface area contributed by atoms with Crippen molar-refractivity contribution in [1.82, 2.24) is 0 Å². The first kappa shape index (κ1) is 24.9. The molecule has 6 nitrogen and oxygen atoms in total. The van der Waals surface area contributed by atoms with E-state index in [1.807, 2.05) is 6.92 Å². The zero-order valence-corrected chi connectivity index (χ0v) is 19.5. The Morgan fingerprint density at radius 3 is 2.48 bits per heavy atom. The first-order valence-electron chi connectivity index (χ1n) is 12.5. The summed E-state index contributed by atoms with van der Waals surface area (Å²) >= 11 is 0. The van der Waals surface area contributed by atoms with Gasteiger partial charge in [-0.25, -0.2) is 4.79 Å². The number of aliphatic hydroxyl groups excluding tert-OH is 4. The Morgan fingerprint density at radius 2 is 1.84 bits per heavy atom. The lowest BCUT2D eigenvalue weighted by Crippen LogP contribution is -2.52. The van der Waals surface area contributed by atoms with E-state index >= 15 is 0 Å². The van der Waals surface area contributed by atoms with Crippen LogP contribution in [-0.4, -0.2) is 55.9 Å². The van der Waals surface area contributed by atoms with E-state index in [9.17, 15) is 25.2 Å². The van der Waals surface area contributed by atoms with Crippen molar-refractivity contribution in [2.45, 2.75) is 109 Å². The zero-order valence-electron chi connectivity index (χ0n) is 19.5. The van der Waals surface area contributed by atoms with Crippen LogP contribution in [-0.2, 0) is 4.79 Å². The van der Waals surface area contributed by atoms with Crippen molar-refractivity contribution in [1.29, 1.82) is 0 Å². The average Bonchev–Trinajstić information content (AvgIpc) is 2.97. The van der Waals surface area contributed by atoms with E-state index in [4.69, 9.17) is 5.11 Å². The number of carboxylic acids is 1. The second-order valence-electron chi connectivity index (χ2n) is 11.3. The summed E-state index contributed by atoms with van der Waals surface area (Å²) in [7, 11) is 0. The topological polar surface area (TPSA) is 118 Å². The minimum absolute atomic E-state index is 0.00510. The number of carbonyl (C=O) groups is 1. The number of rotatable bonds is 9. The molecule has 0 saturated heterocycles. The van der Waals surface area contributed by atoms with Crippen LogP contribution in [0.15, 0.2) is 0 Å². The van der Waals surface area contributed by atoms with Crippen molar-refractivity contribution < 1.29 is 30.3 Å². The van der Waals surface area contributed by atoms with Gasteiger partial charge in [0.2, 0.25) is 0 Å². The highest BCUT2D eigenvalue weighted by molar-refractivity contribution is 5.71. The number of aliphatic hydroxyl groups is 4. The molecule has 31 heavy (non-hydrogen) atoms. The third-order valence-electron chi connectivity index (χ3n) is 9.25. The molecule has 180 valence electrons. The van der Waals surface area contributed by atoms with Crippen molar-refractivity contribution in [3.63, 3.8) is 0 Å². The third-order valence-corrected chi connectivity index (χ3v) is 9.25. The predicted molar refractivity (Wildman–Crippen MR) is 118 cm³/mol. The molecular weight excluding hydrogens is 396 g/mol. The molecule has 3 aliphatic carbocycles. The van der Waals surface area contributed by atoms with Crippen molar-refractivity contribution in [3.05, 3.63) is 0 Å². The summed E-state index contributed by atoms with van der Waals surface area (Å²) in [5, 5.41) is 51.6. The van der Waals surface area contributed by atoms with E-state index in [0.29, 0.717) is 24.7 Å². The molecule has 0 radical (unpaired) electrons. The predicted octanol–water partition coefficient (Wildman–Crippen LogP) is 3.20. The van der Waals surface area contributed by atoms with E-state index in [0.717, 1.165) is 44.9 Å². The maximum Gasteiger partial charge on any atom is 0.332 e.